The third-order valence-corrected chi connectivity index (χ3v) is 9.04. The second-order valence-corrected chi connectivity index (χ2v) is 12.2. The van der Waals surface area contributed by atoms with Crippen LogP contribution >= 0.6 is 23.2 Å². The van der Waals surface area contributed by atoms with Gasteiger partial charge in [-0.1, -0.05) is 23.2 Å². The smallest absolute Gasteiger partial charge is 0.433 e. The number of hydrogen-bond acceptors (Lipinski definition) is 5. The summed E-state index contributed by atoms with van der Waals surface area (Å²) >= 11 is 11.8. The van der Waals surface area contributed by atoms with Crippen LogP contribution in [0.3, 0.4) is 0 Å². The van der Waals surface area contributed by atoms with Gasteiger partial charge in [0.15, 0.2) is 11.5 Å². The number of benzene rings is 1. The van der Waals surface area contributed by atoms with Crippen molar-refractivity contribution in [1.29, 1.82) is 0 Å². The van der Waals surface area contributed by atoms with Crippen molar-refractivity contribution >= 4 is 40.9 Å². The van der Waals surface area contributed by atoms with E-state index in [1.54, 1.807) is 13.8 Å². The van der Waals surface area contributed by atoms with Gasteiger partial charge in [0.1, 0.15) is 5.82 Å². The number of carbonyl (C=O) groups is 3. The summed E-state index contributed by atoms with van der Waals surface area (Å²) in [4.78, 5) is 39.5. The summed E-state index contributed by atoms with van der Waals surface area (Å²) < 4.78 is 105. The van der Waals surface area contributed by atoms with Crippen molar-refractivity contribution in [1.82, 2.24) is 14.7 Å². The highest BCUT2D eigenvalue weighted by Crippen LogP contribution is 2.58. The van der Waals surface area contributed by atoms with E-state index in [0.717, 1.165) is 12.1 Å². The van der Waals surface area contributed by atoms with E-state index in [2.05, 4.69) is 5.10 Å². The fraction of sp³-hybridized carbons (Fsp3) is 0.571. The van der Waals surface area contributed by atoms with Crippen molar-refractivity contribution in [2.45, 2.75) is 70.8 Å². The summed E-state index contributed by atoms with van der Waals surface area (Å²) in [6.45, 7) is 1.11. The number of ketones is 1. The number of nitrogens with zero attached hydrogens (tertiary/aromatic N) is 3. The van der Waals surface area contributed by atoms with Crippen molar-refractivity contribution in [3.05, 3.63) is 51.0 Å². The first-order valence-electron chi connectivity index (χ1n) is 13.7. The fourth-order valence-corrected chi connectivity index (χ4v) is 6.11. The Labute approximate surface area is 257 Å². The van der Waals surface area contributed by atoms with Gasteiger partial charge in [-0.15, -0.1) is 0 Å². The molecule has 1 amide bonds. The molecule has 2 aliphatic rings. The SMILES string of the molecule is CCOC(=O)C1(C)CCC(n2ncc(C(=O)N(CC(=O)c3c(Cl)ccc(F)c3Cl)CC3(C(F)(F)F)CC3)c2C(F)(F)F)CC1. The first-order valence-corrected chi connectivity index (χ1v) is 14.5. The summed E-state index contributed by atoms with van der Waals surface area (Å²) in [6.07, 6.45) is -9.74. The second kappa shape index (κ2) is 12.1. The van der Waals surface area contributed by atoms with Crippen molar-refractivity contribution in [3.8, 4) is 0 Å². The van der Waals surface area contributed by atoms with Crippen LogP contribution in [-0.4, -0.2) is 58.2 Å². The number of Topliss-reactive ketones (excluding diaryl/α,β-unsaturated/α-hetero) is 1. The summed E-state index contributed by atoms with van der Waals surface area (Å²) in [5, 5.41) is 2.70. The van der Waals surface area contributed by atoms with Crippen LogP contribution in [0, 0.1) is 16.6 Å². The van der Waals surface area contributed by atoms with Crippen LogP contribution in [0.1, 0.15) is 84.8 Å². The van der Waals surface area contributed by atoms with E-state index in [1.807, 2.05) is 0 Å². The molecule has 44 heavy (non-hydrogen) atoms. The van der Waals surface area contributed by atoms with Gasteiger partial charge in [-0.2, -0.15) is 31.4 Å². The molecule has 1 aromatic heterocycles. The molecule has 0 spiro atoms. The van der Waals surface area contributed by atoms with Gasteiger partial charge >= 0.3 is 18.3 Å². The van der Waals surface area contributed by atoms with E-state index in [4.69, 9.17) is 27.9 Å². The van der Waals surface area contributed by atoms with Crippen LogP contribution in [0.5, 0.6) is 0 Å². The Morgan fingerprint density at radius 2 is 1.68 bits per heavy atom. The molecule has 2 aliphatic carbocycles. The molecule has 0 atom stereocenters. The zero-order valence-corrected chi connectivity index (χ0v) is 25.1. The number of hydrogen-bond donors (Lipinski definition) is 0. The third kappa shape index (κ3) is 6.56. The molecule has 2 fully saturated rings. The zero-order valence-electron chi connectivity index (χ0n) is 23.5. The van der Waals surface area contributed by atoms with Crippen molar-refractivity contribution in [2.24, 2.45) is 10.8 Å². The van der Waals surface area contributed by atoms with Gasteiger partial charge in [-0.25, -0.2) is 4.39 Å². The zero-order chi connectivity index (χ0) is 32.8. The normalized spacial score (nSPS) is 21.6. The average molecular weight is 674 g/mol. The molecule has 0 unspecified atom stereocenters. The number of esters is 1. The Morgan fingerprint density at radius 1 is 1.07 bits per heavy atom. The van der Waals surface area contributed by atoms with Gasteiger partial charge in [0, 0.05) is 6.54 Å². The monoisotopic (exact) mass is 673 g/mol. The molecule has 0 aliphatic heterocycles. The van der Waals surface area contributed by atoms with E-state index in [0.29, 0.717) is 15.8 Å². The summed E-state index contributed by atoms with van der Waals surface area (Å²) in [6, 6.07) is 0.932. The molecular weight excluding hydrogens is 646 g/mol. The van der Waals surface area contributed by atoms with E-state index in [9.17, 15) is 45.1 Å². The molecule has 16 heteroatoms. The minimum Gasteiger partial charge on any atom is -0.466 e. The third-order valence-electron chi connectivity index (χ3n) is 8.36. The van der Waals surface area contributed by atoms with E-state index >= 15 is 0 Å². The quantitative estimate of drug-likeness (QED) is 0.118. The molecule has 2 aromatic rings. The molecule has 2 saturated carbocycles. The van der Waals surface area contributed by atoms with Gasteiger partial charge in [0.05, 0.1) is 57.4 Å². The van der Waals surface area contributed by atoms with E-state index in [1.165, 1.54) is 0 Å². The Balaban J connectivity index is 1.70. The Hall–Kier alpha value is -2.87. The highest BCUT2D eigenvalue weighted by Gasteiger charge is 2.64. The van der Waals surface area contributed by atoms with E-state index in [-0.39, 0.29) is 37.3 Å². The van der Waals surface area contributed by atoms with Crippen molar-refractivity contribution in [2.75, 3.05) is 19.7 Å². The summed E-state index contributed by atoms with van der Waals surface area (Å²) in [5.41, 5.74) is -6.54. The van der Waals surface area contributed by atoms with Gasteiger partial charge in [0.2, 0.25) is 0 Å². The number of rotatable bonds is 9. The van der Waals surface area contributed by atoms with Gasteiger partial charge in [-0.3, -0.25) is 19.1 Å². The van der Waals surface area contributed by atoms with Crippen molar-refractivity contribution < 1.29 is 49.9 Å². The van der Waals surface area contributed by atoms with Crippen molar-refractivity contribution in [3.63, 3.8) is 0 Å². The Kier molecular flexibility index (Phi) is 9.39. The van der Waals surface area contributed by atoms with Crippen LogP contribution < -0.4 is 0 Å². The number of amides is 1. The Morgan fingerprint density at radius 3 is 2.20 bits per heavy atom. The predicted molar refractivity (Wildman–Crippen MR) is 144 cm³/mol. The molecule has 0 saturated heterocycles. The summed E-state index contributed by atoms with van der Waals surface area (Å²) in [5.74, 6) is -4.25. The first kappa shape index (κ1) is 34.0. The molecule has 4 rings (SSSR count). The standard InChI is InChI=1S/C28H28Cl2F7N3O4/c1-3-44-24(43)25(2)8-6-15(7-9-25)40-22(27(32,33)34)16(12-38-40)23(42)39(14-26(10-11-26)28(35,36)37)13-19(41)20-17(29)4-5-18(31)21(20)30/h4-5,12,15H,3,6-11,13-14H2,1-2H3. The molecular formula is C28H28Cl2F7N3O4. The van der Waals surface area contributed by atoms with Crippen LogP contribution in [-0.2, 0) is 15.7 Å². The number of carbonyl (C=O) groups excluding carboxylic acids is 3. The number of aromatic nitrogens is 2. The van der Waals surface area contributed by atoms with Crippen LogP contribution in [0.15, 0.2) is 18.3 Å². The number of alkyl halides is 6. The molecule has 0 bridgehead atoms. The lowest BCUT2D eigenvalue weighted by Crippen LogP contribution is -2.44. The first-order chi connectivity index (χ1) is 20.3. The van der Waals surface area contributed by atoms with Crippen LogP contribution in [0.25, 0.3) is 0 Å². The average Bonchev–Trinajstić information content (AvgIpc) is 3.59. The largest absolute Gasteiger partial charge is 0.466 e. The molecule has 7 nitrogen and oxygen atoms in total. The minimum atomic E-state index is -5.17. The number of halogens is 9. The number of ether oxygens (including phenoxy) is 1. The maximum atomic E-state index is 14.5. The highest BCUT2D eigenvalue weighted by molar-refractivity contribution is 6.40. The second-order valence-electron chi connectivity index (χ2n) is 11.4. The molecule has 0 N–H and O–H groups in total. The maximum absolute atomic E-state index is 14.5. The molecule has 0 radical (unpaired) electrons. The van der Waals surface area contributed by atoms with E-state index < -0.39 is 100 Å². The fourth-order valence-electron chi connectivity index (χ4n) is 5.52. The molecule has 242 valence electrons. The topological polar surface area (TPSA) is 81.5 Å². The van der Waals surface area contributed by atoms with Gasteiger partial charge in [-0.05, 0) is 64.5 Å². The Bertz CT molecular complexity index is 1450. The lowest BCUT2D eigenvalue weighted by molar-refractivity contribution is -0.189. The summed E-state index contributed by atoms with van der Waals surface area (Å²) in [7, 11) is 0. The lowest BCUT2D eigenvalue weighted by Gasteiger charge is -2.36. The maximum Gasteiger partial charge on any atom is 0.433 e. The van der Waals surface area contributed by atoms with Gasteiger partial charge < -0.3 is 9.64 Å². The van der Waals surface area contributed by atoms with Crippen LogP contribution in [0.2, 0.25) is 10.0 Å². The van der Waals surface area contributed by atoms with Crippen LogP contribution in [0.4, 0.5) is 30.7 Å². The lowest BCUT2D eigenvalue weighted by atomic mass is 9.74. The minimum absolute atomic E-state index is 0.0731. The highest BCUT2D eigenvalue weighted by atomic mass is 35.5. The van der Waals surface area contributed by atoms with Gasteiger partial charge in [0.25, 0.3) is 5.91 Å². The molecule has 1 heterocycles. The molecule has 1 aromatic carbocycles. The predicted octanol–water partition coefficient (Wildman–Crippen LogP) is 7.70.